The number of H-pyrrole nitrogens is 1. The molecule has 2 heterocycles. The van der Waals surface area contributed by atoms with E-state index in [-0.39, 0.29) is 62.6 Å². The molecule has 6 aromatic rings. The van der Waals surface area contributed by atoms with Crippen LogP contribution in [-0.4, -0.2) is 200 Å². The average Bonchev–Trinajstić information content (AvgIpc) is 1.78. The lowest BCUT2D eigenvalue weighted by molar-refractivity contribution is -0.142. The zero-order chi connectivity index (χ0) is 76.1. The molecule has 0 aliphatic carbocycles. The van der Waals surface area contributed by atoms with Gasteiger partial charge in [-0.1, -0.05) is 169 Å². The summed E-state index contributed by atoms with van der Waals surface area (Å²) in [4.78, 5) is 163. The Morgan fingerprint density at radius 2 is 0.838 bits per heavy atom. The number of nitrogens with two attached hydrogens (primary N) is 2. The lowest BCUT2D eigenvalue weighted by atomic mass is 9.99. The van der Waals surface area contributed by atoms with Gasteiger partial charge in [0.05, 0.1) is 24.9 Å². The van der Waals surface area contributed by atoms with Crippen molar-refractivity contribution in [3.8, 4) is 0 Å². The van der Waals surface area contributed by atoms with Crippen LogP contribution >= 0.6 is 21.6 Å². The third kappa shape index (κ3) is 26.1. The van der Waals surface area contributed by atoms with Gasteiger partial charge in [-0.3, -0.25) is 47.9 Å². The molecule has 0 saturated carbocycles. The van der Waals surface area contributed by atoms with Gasteiger partial charge < -0.3 is 95.4 Å². The maximum Gasteiger partial charge on any atom is 0.327 e. The van der Waals surface area contributed by atoms with E-state index in [1.165, 1.54) is 6.92 Å². The molecule has 0 bridgehead atoms. The van der Waals surface area contributed by atoms with Gasteiger partial charge in [0, 0.05) is 73.3 Å². The maximum atomic E-state index is 15.5. The van der Waals surface area contributed by atoms with Crippen molar-refractivity contribution < 1.29 is 73.2 Å². The summed E-state index contributed by atoms with van der Waals surface area (Å²) in [5.41, 5.74) is 16.5. The molecule has 1 fully saturated rings. The van der Waals surface area contributed by atoms with Crippen molar-refractivity contribution in [2.45, 2.75) is 170 Å². The number of fused-ring (bicyclic) bond motifs is 1. The van der Waals surface area contributed by atoms with E-state index in [0.29, 0.717) is 58.1 Å². The monoisotopic (exact) mass is 1480 g/mol. The average molecular weight is 1490 g/mol. The number of amides is 10. The number of carbonyl (C=O) groups excluding carboxylic acids is 10. The van der Waals surface area contributed by atoms with Crippen LogP contribution in [0.4, 0.5) is 0 Å². The summed E-state index contributed by atoms with van der Waals surface area (Å²) in [6.45, 7) is 5.92. The number of aliphatic carboxylic acids is 1. The lowest BCUT2D eigenvalue weighted by Crippen LogP contribution is -2.63. The van der Waals surface area contributed by atoms with Crippen LogP contribution in [0.25, 0.3) is 10.9 Å². The van der Waals surface area contributed by atoms with Gasteiger partial charge in [0.1, 0.15) is 60.4 Å². The maximum absolute atomic E-state index is 15.5. The summed E-state index contributed by atoms with van der Waals surface area (Å²) in [5.74, 6) is -11.9. The second-order valence-electron chi connectivity index (χ2n) is 26.1. The van der Waals surface area contributed by atoms with E-state index in [2.05, 4.69) is 63.5 Å². The fourth-order valence-electron chi connectivity index (χ4n) is 11.4. The molecule has 20 N–H and O–H groups in total. The molecule has 5 aromatic carbocycles. The summed E-state index contributed by atoms with van der Waals surface area (Å²) in [6.07, 6.45) is -2.02. The molecule has 31 heteroatoms. The molecule has 1 aromatic heterocycles. The van der Waals surface area contributed by atoms with E-state index in [1.807, 2.05) is 38.1 Å². The highest BCUT2D eigenvalue weighted by atomic mass is 33.1. The molecule has 10 amide bonds. The summed E-state index contributed by atoms with van der Waals surface area (Å²) in [7, 11) is 1.84. The van der Waals surface area contributed by atoms with Gasteiger partial charge in [0.2, 0.25) is 59.1 Å². The number of nitrogens with one attached hydrogen (secondary N) is 12. The van der Waals surface area contributed by atoms with Crippen molar-refractivity contribution >= 4 is 97.5 Å². The van der Waals surface area contributed by atoms with E-state index in [4.69, 9.17) is 11.5 Å². The molecular weight excluding hydrogens is 1390 g/mol. The molecule has 6 unspecified atom stereocenters. The van der Waals surface area contributed by atoms with Crippen LogP contribution in [-0.2, 0) is 91.4 Å². The number of hydrogen-bond acceptors (Lipinski definition) is 19. The number of hydrogen-bond donors (Lipinski definition) is 18. The topological polar surface area (TPSA) is 469 Å². The second-order valence-corrected chi connectivity index (χ2v) is 28.7. The Morgan fingerprint density at radius 3 is 1.29 bits per heavy atom. The molecule has 1 aliphatic heterocycles. The number of para-hydroxylation sites is 1. The number of aromatic nitrogens is 1. The first-order chi connectivity index (χ1) is 50.3. The van der Waals surface area contributed by atoms with Crippen molar-refractivity contribution in [1.82, 2.24) is 63.5 Å². The molecule has 1 saturated heterocycles. The van der Waals surface area contributed by atoms with Gasteiger partial charge in [0.15, 0.2) is 0 Å². The highest BCUT2D eigenvalue weighted by Gasteiger charge is 2.39. The summed E-state index contributed by atoms with van der Waals surface area (Å²) < 4.78 is 0. The van der Waals surface area contributed by atoms with Gasteiger partial charge in [0.25, 0.3) is 0 Å². The molecule has 7 rings (SSSR count). The summed E-state index contributed by atoms with van der Waals surface area (Å²) in [5, 5.41) is 73.1. The van der Waals surface area contributed by atoms with Crippen LogP contribution < -0.4 is 70.0 Å². The van der Waals surface area contributed by atoms with Crippen LogP contribution in [0.2, 0.25) is 0 Å². The molecule has 1 aliphatic rings. The molecule has 564 valence electrons. The minimum atomic E-state index is -1.91. The van der Waals surface area contributed by atoms with E-state index in [9.17, 15) is 54.0 Å². The normalized spacial score (nSPS) is 23.8. The number of carbonyl (C=O) groups is 11. The molecular formula is C74H96N14O15S2. The van der Waals surface area contributed by atoms with Gasteiger partial charge in [-0.25, -0.2) is 4.79 Å². The predicted octanol–water partition coefficient (Wildman–Crippen LogP) is -0.283. The molecule has 0 radical (unpaired) electrons. The number of benzene rings is 5. The fourth-order valence-corrected chi connectivity index (χ4v) is 13.7. The van der Waals surface area contributed by atoms with Crippen molar-refractivity contribution in [3.05, 3.63) is 179 Å². The van der Waals surface area contributed by atoms with Gasteiger partial charge in [-0.05, 0) is 79.1 Å². The SMILES string of the molecule is CC(C)NCc1ccc(CC2NC(=O)[C@@H](Cc3c[nH]c4ccccc34)NC(=O)C(Cc3ccccc3)NC(=O)[C@H](Cc3ccccc3)NC(=O)C(CCCCN)NC(=O)[C@@H](N)CSSC[C@@H](C(=O)O)NC(=O)C(CO)NC(=O)[C@H]([C@@H](C)O)NC(=O)C(Cc3ccccc3)NC(=O)C([C@@H](C)O)NC2=O)cc1. The second kappa shape index (κ2) is 41.7. The van der Waals surface area contributed by atoms with Crippen LogP contribution in [0.15, 0.2) is 146 Å². The molecule has 29 nitrogen and oxygen atoms in total. The number of unbranched alkanes of at least 4 members (excludes halogenated alkanes) is 1. The third-order valence-electron chi connectivity index (χ3n) is 17.3. The van der Waals surface area contributed by atoms with E-state index < -0.39 is 150 Å². The summed E-state index contributed by atoms with van der Waals surface area (Å²) in [6, 6.07) is 22.4. The Hall–Kier alpha value is -9.73. The Balaban J connectivity index is 1.31. The Kier molecular flexibility index (Phi) is 32.8. The van der Waals surface area contributed by atoms with Crippen molar-refractivity contribution in [2.75, 3.05) is 24.7 Å². The first-order valence-corrected chi connectivity index (χ1v) is 37.2. The van der Waals surface area contributed by atoms with Crippen molar-refractivity contribution in [1.29, 1.82) is 0 Å². The minimum absolute atomic E-state index is 0.0300. The highest BCUT2D eigenvalue weighted by molar-refractivity contribution is 8.76. The lowest BCUT2D eigenvalue weighted by Gasteiger charge is -2.29. The Labute approximate surface area is 616 Å². The smallest absolute Gasteiger partial charge is 0.327 e. The largest absolute Gasteiger partial charge is 0.480 e. The fraction of sp³-hybridized carbons (Fsp3) is 0.419. The molecule has 13 atom stereocenters. The van der Waals surface area contributed by atoms with Crippen LogP contribution in [0.5, 0.6) is 0 Å². The summed E-state index contributed by atoms with van der Waals surface area (Å²) >= 11 is 0. The zero-order valence-corrected chi connectivity index (χ0v) is 60.5. The van der Waals surface area contributed by atoms with Crippen molar-refractivity contribution in [3.63, 3.8) is 0 Å². The van der Waals surface area contributed by atoms with Gasteiger partial charge >= 0.3 is 5.97 Å². The Morgan fingerprint density at radius 1 is 0.457 bits per heavy atom. The molecule has 105 heavy (non-hydrogen) atoms. The van der Waals surface area contributed by atoms with Crippen LogP contribution in [0.1, 0.15) is 80.3 Å². The quantitative estimate of drug-likeness (QED) is 0.0325. The van der Waals surface area contributed by atoms with E-state index in [1.54, 1.807) is 121 Å². The van der Waals surface area contributed by atoms with Crippen molar-refractivity contribution in [2.24, 2.45) is 11.5 Å². The first kappa shape index (κ1) is 82.6. The van der Waals surface area contributed by atoms with Gasteiger partial charge in [-0.15, -0.1) is 0 Å². The van der Waals surface area contributed by atoms with E-state index in [0.717, 1.165) is 34.1 Å². The number of aliphatic hydroxyl groups excluding tert-OH is 3. The molecule has 0 spiro atoms. The number of carboxylic acids is 1. The number of rotatable bonds is 21. The number of aromatic amines is 1. The van der Waals surface area contributed by atoms with E-state index >= 15 is 19.2 Å². The number of carboxylic acid groups (broad SMARTS) is 1. The van der Waals surface area contributed by atoms with Gasteiger partial charge in [-0.2, -0.15) is 0 Å². The first-order valence-electron chi connectivity index (χ1n) is 34.7. The standard InChI is InChI=1S/C74H96N14O15S2/c1-42(2)77-37-49-29-27-48(28-30-49)35-57-69(97)87-62(43(3)90)72(100)84-58(34-47-22-12-7-13-23-47)70(98)88-63(44(4)91)73(101)85-60(39-89)71(99)86-61(74(102)103)41-105-104-40-52(76)64(92)79-54(26-16-17-31-75)65(93)80-55(32-45-18-8-5-9-19-45)66(94)81-56(33-46-20-10-6-11-21-46)67(95)83-59(68(96)82-57)36-50-38-78-53-25-15-14-24-51(50)53/h5-15,18-25,27-30,38,42-44,52,54-63,77-78,89-91H,16-17,26,31-37,39-41,75-76H2,1-4H3,(H,79,92)(H,80,93)(H,81,94)(H,82,96)(H,83,95)(H,84,100)(H,85,101)(H,86,99)(H,87,97)(H,88,98)(H,102,103)/t43-,44-,52+,54?,55+,56?,57?,58?,59-,60?,61+,62?,63+/m1/s1. The predicted molar refractivity (Wildman–Crippen MR) is 398 cm³/mol. The Bertz CT molecular complexity index is 3880. The van der Waals surface area contributed by atoms with Crippen LogP contribution in [0.3, 0.4) is 0 Å². The zero-order valence-electron chi connectivity index (χ0n) is 58.9. The van der Waals surface area contributed by atoms with Crippen LogP contribution in [0, 0.1) is 0 Å². The minimum Gasteiger partial charge on any atom is -0.480 e. The number of aliphatic hydroxyl groups is 3. The third-order valence-corrected chi connectivity index (χ3v) is 19.8. The highest BCUT2D eigenvalue weighted by Crippen LogP contribution is 2.24.